The molecule has 1 aliphatic heterocycles. The summed E-state index contributed by atoms with van der Waals surface area (Å²) in [7, 11) is 3.18. The smallest absolute Gasteiger partial charge is 0.248 e. The molecule has 8 heteroatoms. The molecular formula is C18H25N5O3. The van der Waals surface area contributed by atoms with Gasteiger partial charge < -0.3 is 15.0 Å². The molecular weight excluding hydrogens is 334 g/mol. The second-order valence-corrected chi connectivity index (χ2v) is 6.85. The molecule has 1 fully saturated rings. The van der Waals surface area contributed by atoms with Crippen LogP contribution in [-0.2, 0) is 9.59 Å². The van der Waals surface area contributed by atoms with Crippen LogP contribution in [0, 0.1) is 5.92 Å². The van der Waals surface area contributed by atoms with Crippen molar-refractivity contribution in [1.82, 2.24) is 25.2 Å². The highest BCUT2D eigenvalue weighted by molar-refractivity contribution is 5.91. The number of nitrogens with zero attached hydrogens (tertiary/aromatic N) is 4. The van der Waals surface area contributed by atoms with Crippen molar-refractivity contribution in [3.63, 3.8) is 0 Å². The Morgan fingerprint density at radius 2 is 2.12 bits per heavy atom. The number of hydrogen-bond acceptors (Lipinski definition) is 5. The zero-order valence-electron chi connectivity index (χ0n) is 15.6. The number of carbonyl (C=O) groups is 2. The standard InChI is InChI=1S/C18H25N5O3/c1-11(2)16(18(25)22-10-6-8-13(22)17(24)19-3)23-12-7-5-9-14(26-4)15(12)20-21-23/h5,7,9,11,13,16H,6,8,10H2,1-4H3,(H,19,24)/t13-,16?/m0/s1. The number of fused-ring (bicyclic) bond motifs is 1. The molecule has 2 heterocycles. The van der Waals surface area contributed by atoms with Crippen LogP contribution >= 0.6 is 0 Å². The molecule has 2 atom stereocenters. The lowest BCUT2D eigenvalue weighted by molar-refractivity contribution is -0.142. The molecule has 0 spiro atoms. The first-order valence-corrected chi connectivity index (χ1v) is 8.89. The Hall–Kier alpha value is -2.64. The molecule has 0 saturated carbocycles. The highest BCUT2D eigenvalue weighted by Crippen LogP contribution is 2.30. The number of likely N-dealkylation sites (tertiary alicyclic amines) is 1. The molecule has 1 saturated heterocycles. The Kier molecular flexibility index (Phi) is 5.11. The molecule has 3 rings (SSSR count). The second-order valence-electron chi connectivity index (χ2n) is 6.85. The predicted octanol–water partition coefficient (Wildman–Crippen LogP) is 1.37. The van der Waals surface area contributed by atoms with Gasteiger partial charge >= 0.3 is 0 Å². The van der Waals surface area contributed by atoms with Gasteiger partial charge in [-0.25, -0.2) is 4.68 Å². The van der Waals surface area contributed by atoms with Crippen molar-refractivity contribution in [2.24, 2.45) is 5.92 Å². The summed E-state index contributed by atoms with van der Waals surface area (Å²) < 4.78 is 7.00. The van der Waals surface area contributed by atoms with E-state index in [2.05, 4.69) is 15.6 Å². The topological polar surface area (TPSA) is 89.4 Å². The van der Waals surface area contributed by atoms with Crippen molar-refractivity contribution in [3.8, 4) is 5.75 Å². The minimum Gasteiger partial charge on any atom is -0.494 e. The predicted molar refractivity (Wildman–Crippen MR) is 96.8 cm³/mol. The maximum atomic E-state index is 13.3. The number of rotatable bonds is 5. The van der Waals surface area contributed by atoms with Crippen LogP contribution < -0.4 is 10.1 Å². The zero-order chi connectivity index (χ0) is 18.8. The Morgan fingerprint density at radius 3 is 2.77 bits per heavy atom. The van der Waals surface area contributed by atoms with E-state index in [1.807, 2.05) is 32.0 Å². The van der Waals surface area contributed by atoms with Crippen LogP contribution in [0.15, 0.2) is 18.2 Å². The number of aromatic nitrogens is 3. The van der Waals surface area contributed by atoms with Crippen LogP contribution in [0.1, 0.15) is 32.7 Å². The minimum atomic E-state index is -0.530. The highest BCUT2D eigenvalue weighted by atomic mass is 16.5. The summed E-state index contributed by atoms with van der Waals surface area (Å²) in [5.74, 6) is 0.391. The molecule has 1 N–H and O–H groups in total. The minimum absolute atomic E-state index is 0.00969. The number of nitrogens with one attached hydrogen (secondary N) is 1. The fraction of sp³-hybridized carbons (Fsp3) is 0.556. The lowest BCUT2D eigenvalue weighted by Crippen LogP contribution is -2.48. The Morgan fingerprint density at radius 1 is 1.35 bits per heavy atom. The van der Waals surface area contributed by atoms with Crippen molar-refractivity contribution in [2.45, 2.75) is 38.8 Å². The molecule has 0 bridgehead atoms. The molecule has 2 aromatic rings. The first-order chi connectivity index (χ1) is 12.5. The summed E-state index contributed by atoms with van der Waals surface area (Å²) in [5.41, 5.74) is 1.37. The average Bonchev–Trinajstić information content (AvgIpc) is 3.28. The first-order valence-electron chi connectivity index (χ1n) is 8.89. The average molecular weight is 359 g/mol. The van der Waals surface area contributed by atoms with Crippen LogP contribution in [0.3, 0.4) is 0 Å². The van der Waals surface area contributed by atoms with Gasteiger partial charge in [0.1, 0.15) is 17.8 Å². The van der Waals surface area contributed by atoms with Crippen LogP contribution in [-0.4, -0.2) is 58.5 Å². The number of benzene rings is 1. The third-order valence-electron chi connectivity index (χ3n) is 4.92. The fourth-order valence-electron chi connectivity index (χ4n) is 3.62. The fourth-order valence-corrected chi connectivity index (χ4v) is 3.62. The largest absolute Gasteiger partial charge is 0.494 e. The highest BCUT2D eigenvalue weighted by Gasteiger charge is 2.39. The van der Waals surface area contributed by atoms with E-state index in [1.54, 1.807) is 23.7 Å². The summed E-state index contributed by atoms with van der Waals surface area (Å²) in [4.78, 5) is 27.2. The van der Waals surface area contributed by atoms with E-state index in [0.29, 0.717) is 24.2 Å². The third kappa shape index (κ3) is 3.00. The van der Waals surface area contributed by atoms with Gasteiger partial charge in [0.25, 0.3) is 0 Å². The van der Waals surface area contributed by atoms with Gasteiger partial charge in [0.15, 0.2) is 5.52 Å². The Labute approximate surface area is 152 Å². The van der Waals surface area contributed by atoms with Crippen LogP contribution in [0.5, 0.6) is 5.75 Å². The van der Waals surface area contributed by atoms with Crippen LogP contribution in [0.25, 0.3) is 11.0 Å². The quantitative estimate of drug-likeness (QED) is 0.871. The van der Waals surface area contributed by atoms with Crippen molar-refractivity contribution >= 4 is 22.8 Å². The monoisotopic (exact) mass is 359 g/mol. The molecule has 1 aliphatic rings. The molecule has 8 nitrogen and oxygen atoms in total. The molecule has 0 aliphatic carbocycles. The van der Waals surface area contributed by atoms with E-state index < -0.39 is 12.1 Å². The molecule has 1 aromatic carbocycles. The van der Waals surface area contributed by atoms with Crippen molar-refractivity contribution < 1.29 is 14.3 Å². The summed E-state index contributed by atoms with van der Waals surface area (Å²) >= 11 is 0. The lowest BCUT2D eigenvalue weighted by Gasteiger charge is -2.29. The van der Waals surface area contributed by atoms with Crippen LogP contribution in [0.2, 0.25) is 0 Å². The molecule has 0 radical (unpaired) electrons. The molecule has 1 unspecified atom stereocenters. The molecule has 140 valence electrons. The zero-order valence-corrected chi connectivity index (χ0v) is 15.6. The normalized spacial score (nSPS) is 18.3. The van der Waals surface area contributed by atoms with Gasteiger partial charge in [0.2, 0.25) is 11.8 Å². The van der Waals surface area contributed by atoms with E-state index in [0.717, 1.165) is 11.9 Å². The second kappa shape index (κ2) is 7.31. The summed E-state index contributed by atoms with van der Waals surface area (Å²) in [6.07, 6.45) is 1.50. The number of likely N-dealkylation sites (N-methyl/N-ethyl adjacent to an activating group) is 1. The van der Waals surface area contributed by atoms with Crippen molar-refractivity contribution in [2.75, 3.05) is 20.7 Å². The van der Waals surface area contributed by atoms with Crippen LogP contribution in [0.4, 0.5) is 0 Å². The lowest BCUT2D eigenvalue weighted by atomic mass is 10.0. The number of hydrogen-bond donors (Lipinski definition) is 1. The summed E-state index contributed by atoms with van der Waals surface area (Å²) in [5, 5.41) is 11.1. The maximum Gasteiger partial charge on any atom is 0.248 e. The number of carbonyl (C=O) groups excluding carboxylic acids is 2. The summed E-state index contributed by atoms with van der Waals surface area (Å²) in [6.45, 7) is 4.53. The third-order valence-corrected chi connectivity index (χ3v) is 4.92. The maximum absolute atomic E-state index is 13.3. The Balaban J connectivity index is 2.00. The van der Waals surface area contributed by atoms with Gasteiger partial charge in [0, 0.05) is 13.6 Å². The number of methoxy groups -OCH3 is 1. The van der Waals surface area contributed by atoms with Gasteiger partial charge in [0.05, 0.1) is 12.6 Å². The van der Waals surface area contributed by atoms with Gasteiger partial charge in [-0.1, -0.05) is 25.1 Å². The van der Waals surface area contributed by atoms with Crippen molar-refractivity contribution in [3.05, 3.63) is 18.2 Å². The van der Waals surface area contributed by atoms with Gasteiger partial charge in [-0.2, -0.15) is 0 Å². The van der Waals surface area contributed by atoms with E-state index in [4.69, 9.17) is 4.74 Å². The van der Waals surface area contributed by atoms with E-state index in [1.165, 1.54) is 0 Å². The first kappa shape index (κ1) is 18.2. The molecule has 1 aromatic heterocycles. The summed E-state index contributed by atoms with van der Waals surface area (Å²) in [6, 6.07) is 4.60. The molecule has 2 amide bonds. The van der Waals surface area contributed by atoms with E-state index in [9.17, 15) is 9.59 Å². The molecule has 26 heavy (non-hydrogen) atoms. The van der Waals surface area contributed by atoms with E-state index in [-0.39, 0.29) is 17.7 Å². The van der Waals surface area contributed by atoms with Gasteiger partial charge in [-0.05, 0) is 30.9 Å². The van der Waals surface area contributed by atoms with Crippen molar-refractivity contribution in [1.29, 1.82) is 0 Å². The Bertz CT molecular complexity index is 816. The van der Waals surface area contributed by atoms with Gasteiger partial charge in [-0.15, -0.1) is 5.10 Å². The SMILES string of the molecule is CNC(=O)[C@@H]1CCCN1C(=O)C(C(C)C)n1nnc2c(OC)cccc21. The number of amides is 2. The number of ether oxygens (including phenoxy) is 1. The van der Waals surface area contributed by atoms with Gasteiger partial charge in [-0.3, -0.25) is 9.59 Å². The van der Waals surface area contributed by atoms with E-state index >= 15 is 0 Å².